The van der Waals surface area contributed by atoms with E-state index < -0.39 is 0 Å². The van der Waals surface area contributed by atoms with Crippen molar-refractivity contribution in [2.45, 2.75) is 44.4 Å². The van der Waals surface area contributed by atoms with Crippen LogP contribution in [0.25, 0.3) is 10.9 Å². The Morgan fingerprint density at radius 2 is 1.94 bits per heavy atom. The number of aromatic nitrogens is 1. The van der Waals surface area contributed by atoms with E-state index in [1.807, 2.05) is 0 Å². The maximum absolute atomic E-state index is 6.22. The SMILES string of the molecule is Nc1cc(C2CC2)nc2c3c(ccc12)CCCC3. The van der Waals surface area contributed by atoms with Crippen molar-refractivity contribution < 1.29 is 0 Å². The van der Waals surface area contributed by atoms with Crippen LogP contribution in [0.1, 0.15) is 48.4 Å². The van der Waals surface area contributed by atoms with Gasteiger partial charge >= 0.3 is 0 Å². The largest absolute Gasteiger partial charge is 0.398 e. The number of pyridine rings is 1. The minimum absolute atomic E-state index is 0.677. The lowest BCUT2D eigenvalue weighted by Crippen LogP contribution is -2.06. The summed E-state index contributed by atoms with van der Waals surface area (Å²) in [5.41, 5.74) is 12.5. The number of aryl methyl sites for hydroxylation is 2. The molecule has 1 fully saturated rings. The van der Waals surface area contributed by atoms with E-state index in [-0.39, 0.29) is 0 Å². The van der Waals surface area contributed by atoms with E-state index in [9.17, 15) is 0 Å². The van der Waals surface area contributed by atoms with Crippen molar-refractivity contribution >= 4 is 16.6 Å². The number of benzene rings is 1. The van der Waals surface area contributed by atoms with Crippen molar-refractivity contribution in [2.24, 2.45) is 0 Å². The Morgan fingerprint density at radius 3 is 2.78 bits per heavy atom. The van der Waals surface area contributed by atoms with Gasteiger partial charge in [0.15, 0.2) is 0 Å². The maximum atomic E-state index is 6.22. The van der Waals surface area contributed by atoms with Crippen LogP contribution in [-0.4, -0.2) is 4.98 Å². The fourth-order valence-electron chi connectivity index (χ4n) is 3.16. The second-order valence-corrected chi connectivity index (χ2v) is 5.72. The first-order chi connectivity index (χ1) is 8.83. The highest BCUT2D eigenvalue weighted by Gasteiger charge is 2.26. The first-order valence-corrected chi connectivity index (χ1v) is 7.04. The minimum atomic E-state index is 0.677. The average Bonchev–Trinajstić information content (AvgIpc) is 3.22. The van der Waals surface area contributed by atoms with Crippen LogP contribution in [-0.2, 0) is 12.8 Å². The first-order valence-electron chi connectivity index (χ1n) is 7.04. The summed E-state index contributed by atoms with van der Waals surface area (Å²) < 4.78 is 0. The van der Waals surface area contributed by atoms with Crippen LogP contribution < -0.4 is 5.73 Å². The van der Waals surface area contributed by atoms with E-state index in [1.165, 1.54) is 60.9 Å². The van der Waals surface area contributed by atoms with Crippen LogP contribution in [0.2, 0.25) is 0 Å². The Hall–Kier alpha value is -1.57. The summed E-state index contributed by atoms with van der Waals surface area (Å²) >= 11 is 0. The summed E-state index contributed by atoms with van der Waals surface area (Å²) in [6, 6.07) is 6.51. The van der Waals surface area contributed by atoms with Gasteiger partial charge in [0.25, 0.3) is 0 Å². The Morgan fingerprint density at radius 1 is 1.11 bits per heavy atom. The van der Waals surface area contributed by atoms with Crippen LogP contribution >= 0.6 is 0 Å². The molecule has 0 bridgehead atoms. The second kappa shape index (κ2) is 3.71. The predicted molar refractivity (Wildman–Crippen MR) is 74.8 cm³/mol. The fraction of sp³-hybridized carbons (Fsp3) is 0.438. The van der Waals surface area contributed by atoms with Gasteiger partial charge in [-0.3, -0.25) is 4.98 Å². The molecule has 1 aromatic heterocycles. The van der Waals surface area contributed by atoms with E-state index >= 15 is 0 Å². The normalized spacial score (nSPS) is 18.9. The lowest BCUT2D eigenvalue weighted by atomic mass is 9.89. The van der Waals surface area contributed by atoms with E-state index in [1.54, 1.807) is 0 Å². The van der Waals surface area contributed by atoms with Gasteiger partial charge in [-0.05, 0) is 55.7 Å². The molecule has 0 atom stereocenters. The molecule has 0 unspecified atom stereocenters. The number of nitrogens with two attached hydrogens (primary N) is 1. The Kier molecular flexibility index (Phi) is 2.14. The zero-order valence-corrected chi connectivity index (χ0v) is 10.6. The summed E-state index contributed by atoms with van der Waals surface area (Å²) in [6.07, 6.45) is 7.56. The topological polar surface area (TPSA) is 38.9 Å². The van der Waals surface area contributed by atoms with Crippen LogP contribution in [0, 0.1) is 0 Å². The van der Waals surface area contributed by atoms with Crippen LogP contribution in [0.3, 0.4) is 0 Å². The molecule has 2 nitrogen and oxygen atoms in total. The molecule has 0 aliphatic heterocycles. The Bertz CT molecular complexity index is 627. The van der Waals surface area contributed by atoms with Gasteiger partial charge in [-0.15, -0.1) is 0 Å². The summed E-state index contributed by atoms with van der Waals surface area (Å²) in [5, 5.41) is 1.15. The van der Waals surface area contributed by atoms with Gasteiger partial charge < -0.3 is 5.73 Å². The standard InChI is InChI=1S/C16H18N2/c17-14-9-15(11-5-6-11)18-16-12-4-2-1-3-10(12)7-8-13(14)16/h7-9,11H,1-6H2,(H2,17,18). The van der Waals surface area contributed by atoms with Gasteiger partial charge in [0, 0.05) is 22.7 Å². The molecular formula is C16H18N2. The summed E-state index contributed by atoms with van der Waals surface area (Å²) in [4.78, 5) is 4.93. The molecule has 1 heterocycles. The molecule has 18 heavy (non-hydrogen) atoms. The summed E-state index contributed by atoms with van der Waals surface area (Å²) in [5.74, 6) is 0.677. The van der Waals surface area contributed by atoms with Crippen molar-refractivity contribution in [3.8, 4) is 0 Å². The molecule has 1 aromatic carbocycles. The van der Waals surface area contributed by atoms with Crippen molar-refractivity contribution in [2.75, 3.05) is 5.73 Å². The van der Waals surface area contributed by atoms with Gasteiger partial charge in [-0.25, -0.2) is 0 Å². The van der Waals surface area contributed by atoms with Crippen molar-refractivity contribution in [3.63, 3.8) is 0 Å². The van der Waals surface area contributed by atoms with Gasteiger partial charge in [0.2, 0.25) is 0 Å². The average molecular weight is 238 g/mol. The van der Waals surface area contributed by atoms with Crippen molar-refractivity contribution in [1.82, 2.24) is 4.98 Å². The summed E-state index contributed by atoms with van der Waals surface area (Å²) in [7, 11) is 0. The van der Waals surface area contributed by atoms with Gasteiger partial charge in [-0.2, -0.15) is 0 Å². The number of hydrogen-bond donors (Lipinski definition) is 1. The zero-order chi connectivity index (χ0) is 12.1. The molecule has 2 aliphatic carbocycles. The number of rotatable bonds is 1. The second-order valence-electron chi connectivity index (χ2n) is 5.72. The molecule has 4 rings (SSSR count). The minimum Gasteiger partial charge on any atom is -0.398 e. The third-order valence-corrected chi connectivity index (χ3v) is 4.35. The van der Waals surface area contributed by atoms with Gasteiger partial charge in [0.05, 0.1) is 5.52 Å². The zero-order valence-electron chi connectivity index (χ0n) is 10.6. The van der Waals surface area contributed by atoms with Crippen LogP contribution in [0.15, 0.2) is 18.2 Å². The van der Waals surface area contributed by atoms with Gasteiger partial charge in [-0.1, -0.05) is 12.1 Å². The van der Waals surface area contributed by atoms with Crippen LogP contribution in [0.5, 0.6) is 0 Å². The maximum Gasteiger partial charge on any atom is 0.0760 e. The number of hydrogen-bond acceptors (Lipinski definition) is 2. The lowest BCUT2D eigenvalue weighted by molar-refractivity contribution is 0.688. The van der Waals surface area contributed by atoms with E-state index in [2.05, 4.69) is 18.2 Å². The van der Waals surface area contributed by atoms with Crippen molar-refractivity contribution in [1.29, 1.82) is 0 Å². The quantitative estimate of drug-likeness (QED) is 0.824. The molecule has 0 spiro atoms. The highest BCUT2D eigenvalue weighted by Crippen LogP contribution is 2.41. The molecule has 2 N–H and O–H groups in total. The van der Waals surface area contributed by atoms with E-state index in [4.69, 9.17) is 10.7 Å². The molecule has 92 valence electrons. The molecule has 0 saturated heterocycles. The predicted octanol–water partition coefficient (Wildman–Crippen LogP) is 3.57. The van der Waals surface area contributed by atoms with E-state index in [0.717, 1.165) is 11.1 Å². The molecular weight excluding hydrogens is 220 g/mol. The number of anilines is 1. The molecule has 2 aliphatic rings. The highest BCUT2D eigenvalue weighted by atomic mass is 14.7. The van der Waals surface area contributed by atoms with E-state index in [0.29, 0.717) is 5.92 Å². The van der Waals surface area contributed by atoms with Crippen LogP contribution in [0.4, 0.5) is 5.69 Å². The third kappa shape index (κ3) is 1.52. The highest BCUT2D eigenvalue weighted by molar-refractivity contribution is 5.93. The fourth-order valence-corrected chi connectivity index (χ4v) is 3.16. The molecule has 2 aromatic rings. The molecule has 1 saturated carbocycles. The molecule has 2 heteroatoms. The molecule has 0 radical (unpaired) electrons. The van der Waals surface area contributed by atoms with Crippen molar-refractivity contribution in [3.05, 3.63) is 35.0 Å². The smallest absolute Gasteiger partial charge is 0.0760 e. The third-order valence-electron chi connectivity index (χ3n) is 4.35. The Balaban J connectivity index is 2.00. The lowest BCUT2D eigenvalue weighted by Gasteiger charge is -2.18. The monoisotopic (exact) mass is 238 g/mol. The van der Waals surface area contributed by atoms with Gasteiger partial charge in [0.1, 0.15) is 0 Å². The summed E-state index contributed by atoms with van der Waals surface area (Å²) in [6.45, 7) is 0. The number of nitrogens with zero attached hydrogens (tertiary/aromatic N) is 1. The Labute approximate surface area is 107 Å². The first kappa shape index (κ1) is 10.4. The number of nitrogen functional groups attached to an aromatic ring is 1. The number of fused-ring (bicyclic) bond motifs is 3. The molecule has 0 amide bonds.